The van der Waals surface area contributed by atoms with Gasteiger partial charge in [-0.25, -0.2) is 0 Å². The summed E-state index contributed by atoms with van der Waals surface area (Å²) >= 11 is 3.42. The van der Waals surface area contributed by atoms with Crippen molar-refractivity contribution in [3.63, 3.8) is 0 Å². The maximum atomic E-state index is 9.69. The van der Waals surface area contributed by atoms with Crippen molar-refractivity contribution in [1.82, 2.24) is 0 Å². The molecule has 19 heavy (non-hydrogen) atoms. The zero-order chi connectivity index (χ0) is 14.1. The molecule has 0 heterocycles. The first-order valence-electron chi connectivity index (χ1n) is 6.74. The van der Waals surface area contributed by atoms with Crippen LogP contribution in [-0.4, -0.2) is 36.6 Å². The highest BCUT2D eigenvalue weighted by atomic mass is 79.9. The lowest BCUT2D eigenvalue weighted by atomic mass is 9.79. The van der Waals surface area contributed by atoms with Gasteiger partial charge in [0.25, 0.3) is 0 Å². The summed E-state index contributed by atoms with van der Waals surface area (Å²) < 4.78 is 6.50. The third kappa shape index (κ3) is 4.88. The standard InChI is InChI=1S/C15H23BrO3/c1-2-3-8-19-9-7-15(11-17,12-18)13-5-4-6-14(16)10-13/h4-6,10,17-18H,2-3,7-9,11-12H2,1H3. The fraction of sp³-hybridized carbons (Fsp3) is 0.600. The monoisotopic (exact) mass is 330 g/mol. The molecule has 0 aliphatic heterocycles. The first-order valence-corrected chi connectivity index (χ1v) is 7.53. The second kappa shape index (κ2) is 8.69. The molecule has 0 aromatic heterocycles. The lowest BCUT2D eigenvalue weighted by molar-refractivity contribution is 0.0616. The topological polar surface area (TPSA) is 49.7 Å². The van der Waals surface area contributed by atoms with Crippen molar-refractivity contribution in [3.8, 4) is 0 Å². The van der Waals surface area contributed by atoms with E-state index >= 15 is 0 Å². The quantitative estimate of drug-likeness (QED) is 0.684. The smallest absolute Gasteiger partial charge is 0.0550 e. The van der Waals surface area contributed by atoms with Crippen LogP contribution in [0.4, 0.5) is 0 Å². The van der Waals surface area contributed by atoms with Gasteiger partial charge >= 0.3 is 0 Å². The van der Waals surface area contributed by atoms with Crippen molar-refractivity contribution in [2.24, 2.45) is 0 Å². The lowest BCUT2D eigenvalue weighted by Crippen LogP contribution is -2.36. The largest absolute Gasteiger partial charge is 0.395 e. The predicted molar refractivity (Wildman–Crippen MR) is 80.3 cm³/mol. The van der Waals surface area contributed by atoms with Crippen LogP contribution in [0.5, 0.6) is 0 Å². The van der Waals surface area contributed by atoms with Gasteiger partial charge in [0.05, 0.1) is 13.2 Å². The van der Waals surface area contributed by atoms with E-state index < -0.39 is 5.41 Å². The Hall–Kier alpha value is -0.420. The van der Waals surface area contributed by atoms with Gasteiger partial charge in [0, 0.05) is 23.1 Å². The number of unbranched alkanes of at least 4 members (excludes halogenated alkanes) is 1. The number of hydrogen-bond donors (Lipinski definition) is 2. The molecular formula is C15H23BrO3. The molecule has 0 saturated heterocycles. The lowest BCUT2D eigenvalue weighted by Gasteiger charge is -2.30. The van der Waals surface area contributed by atoms with Crippen LogP contribution in [0.3, 0.4) is 0 Å². The number of aliphatic hydroxyl groups excluding tert-OH is 2. The highest BCUT2D eigenvalue weighted by Crippen LogP contribution is 2.29. The van der Waals surface area contributed by atoms with Crippen LogP contribution < -0.4 is 0 Å². The summed E-state index contributed by atoms with van der Waals surface area (Å²) in [5.74, 6) is 0. The molecule has 4 heteroatoms. The first kappa shape index (κ1) is 16.6. The summed E-state index contributed by atoms with van der Waals surface area (Å²) in [5.41, 5.74) is 0.307. The van der Waals surface area contributed by atoms with Gasteiger partial charge in [0.1, 0.15) is 0 Å². The number of aliphatic hydroxyl groups is 2. The molecule has 0 aliphatic carbocycles. The van der Waals surface area contributed by atoms with Crippen molar-refractivity contribution in [2.75, 3.05) is 26.4 Å². The molecule has 0 saturated carbocycles. The molecule has 0 radical (unpaired) electrons. The van der Waals surface area contributed by atoms with Gasteiger partial charge in [0.15, 0.2) is 0 Å². The number of rotatable bonds is 9. The Morgan fingerprint density at radius 3 is 2.53 bits per heavy atom. The van der Waals surface area contributed by atoms with Crippen molar-refractivity contribution in [3.05, 3.63) is 34.3 Å². The number of benzene rings is 1. The fourth-order valence-electron chi connectivity index (χ4n) is 1.97. The van der Waals surface area contributed by atoms with Crippen molar-refractivity contribution in [2.45, 2.75) is 31.6 Å². The predicted octanol–water partition coefficient (Wildman–Crippen LogP) is 2.88. The van der Waals surface area contributed by atoms with Gasteiger partial charge < -0.3 is 14.9 Å². The Bertz CT molecular complexity index is 364. The highest BCUT2D eigenvalue weighted by Gasteiger charge is 2.30. The van der Waals surface area contributed by atoms with Gasteiger partial charge in [-0.2, -0.15) is 0 Å². The Morgan fingerprint density at radius 1 is 1.21 bits per heavy atom. The first-order chi connectivity index (χ1) is 9.18. The summed E-state index contributed by atoms with van der Waals surface area (Å²) in [6.07, 6.45) is 2.76. The van der Waals surface area contributed by atoms with Crippen molar-refractivity contribution >= 4 is 15.9 Å². The summed E-state index contributed by atoms with van der Waals surface area (Å²) in [4.78, 5) is 0. The van der Waals surface area contributed by atoms with E-state index in [0.29, 0.717) is 13.0 Å². The molecular weight excluding hydrogens is 308 g/mol. The van der Waals surface area contributed by atoms with E-state index in [-0.39, 0.29) is 13.2 Å². The highest BCUT2D eigenvalue weighted by molar-refractivity contribution is 9.10. The molecule has 0 spiro atoms. The third-order valence-electron chi connectivity index (χ3n) is 3.41. The Morgan fingerprint density at radius 2 is 1.95 bits per heavy atom. The van der Waals surface area contributed by atoms with Crippen LogP contribution in [0.25, 0.3) is 0 Å². The summed E-state index contributed by atoms with van der Waals surface area (Å²) in [6.45, 7) is 3.24. The van der Waals surface area contributed by atoms with E-state index in [2.05, 4.69) is 22.9 Å². The van der Waals surface area contributed by atoms with Crippen LogP contribution in [0, 0.1) is 0 Å². The molecule has 1 rings (SSSR count). The molecule has 0 unspecified atom stereocenters. The van der Waals surface area contributed by atoms with Gasteiger partial charge in [-0.05, 0) is 30.5 Å². The molecule has 0 bridgehead atoms. The normalized spacial score (nSPS) is 11.8. The fourth-order valence-corrected chi connectivity index (χ4v) is 2.37. The summed E-state index contributed by atoms with van der Waals surface area (Å²) in [7, 11) is 0. The minimum absolute atomic E-state index is 0.0862. The van der Waals surface area contributed by atoms with Crippen LogP contribution in [-0.2, 0) is 10.2 Å². The Kier molecular flexibility index (Phi) is 7.61. The van der Waals surface area contributed by atoms with Gasteiger partial charge in [0.2, 0.25) is 0 Å². The van der Waals surface area contributed by atoms with Crippen molar-refractivity contribution in [1.29, 1.82) is 0 Å². The maximum Gasteiger partial charge on any atom is 0.0550 e. The Balaban J connectivity index is 2.68. The molecule has 0 fully saturated rings. The minimum Gasteiger partial charge on any atom is -0.395 e. The van der Waals surface area contributed by atoms with Crippen LogP contribution in [0.1, 0.15) is 31.7 Å². The second-order valence-corrected chi connectivity index (χ2v) is 5.74. The van der Waals surface area contributed by atoms with E-state index in [0.717, 1.165) is 29.5 Å². The number of halogens is 1. The summed E-state index contributed by atoms with van der Waals surface area (Å²) in [5, 5.41) is 19.4. The van der Waals surface area contributed by atoms with E-state index in [4.69, 9.17) is 4.74 Å². The Labute approximate surface area is 123 Å². The van der Waals surface area contributed by atoms with E-state index in [9.17, 15) is 10.2 Å². The molecule has 1 aromatic rings. The molecule has 2 N–H and O–H groups in total. The molecule has 3 nitrogen and oxygen atoms in total. The van der Waals surface area contributed by atoms with Crippen LogP contribution >= 0.6 is 15.9 Å². The van der Waals surface area contributed by atoms with Gasteiger partial charge in [-0.1, -0.05) is 41.4 Å². The zero-order valence-electron chi connectivity index (χ0n) is 11.4. The van der Waals surface area contributed by atoms with Gasteiger partial charge in [-0.15, -0.1) is 0 Å². The molecule has 0 aliphatic rings. The zero-order valence-corrected chi connectivity index (χ0v) is 13.0. The van der Waals surface area contributed by atoms with E-state index in [1.165, 1.54) is 0 Å². The minimum atomic E-state index is -0.629. The number of hydrogen-bond acceptors (Lipinski definition) is 3. The molecule has 0 amide bonds. The molecule has 1 aromatic carbocycles. The average Bonchev–Trinajstić information content (AvgIpc) is 2.43. The van der Waals surface area contributed by atoms with Crippen LogP contribution in [0.2, 0.25) is 0 Å². The molecule has 108 valence electrons. The van der Waals surface area contributed by atoms with Crippen LogP contribution in [0.15, 0.2) is 28.7 Å². The van der Waals surface area contributed by atoms with Crippen molar-refractivity contribution < 1.29 is 14.9 Å². The third-order valence-corrected chi connectivity index (χ3v) is 3.90. The number of ether oxygens (including phenoxy) is 1. The van der Waals surface area contributed by atoms with E-state index in [1.807, 2.05) is 24.3 Å². The summed E-state index contributed by atoms with van der Waals surface area (Å²) in [6, 6.07) is 7.72. The molecule has 0 atom stereocenters. The SMILES string of the molecule is CCCCOCCC(CO)(CO)c1cccc(Br)c1. The average molecular weight is 331 g/mol. The second-order valence-electron chi connectivity index (χ2n) is 4.82. The van der Waals surface area contributed by atoms with E-state index in [1.54, 1.807) is 0 Å². The van der Waals surface area contributed by atoms with Gasteiger partial charge in [-0.3, -0.25) is 0 Å². The maximum absolute atomic E-state index is 9.69.